The minimum atomic E-state index is -3.01. The van der Waals surface area contributed by atoms with Crippen molar-refractivity contribution in [1.29, 1.82) is 0 Å². The summed E-state index contributed by atoms with van der Waals surface area (Å²) in [6, 6.07) is 0. The fraction of sp³-hybridized carbons (Fsp3) is 0.846. The van der Waals surface area contributed by atoms with Crippen LogP contribution in [0.25, 0.3) is 0 Å². The molecule has 0 aromatic rings. The van der Waals surface area contributed by atoms with Crippen LogP contribution in [0.15, 0.2) is 0 Å². The van der Waals surface area contributed by atoms with Crippen LogP contribution in [0.5, 0.6) is 0 Å². The topological polar surface area (TPSA) is 71.1 Å². The lowest BCUT2D eigenvalue weighted by atomic mass is 10.0. The van der Waals surface area contributed by atoms with E-state index in [0.29, 0.717) is 26.2 Å². The van der Waals surface area contributed by atoms with Crippen LogP contribution in [-0.4, -0.2) is 40.6 Å². The highest BCUT2D eigenvalue weighted by atomic mass is 28.4. The van der Waals surface area contributed by atoms with E-state index in [0.717, 1.165) is 0 Å². The third-order valence-corrected chi connectivity index (χ3v) is 7.11. The third-order valence-electron chi connectivity index (χ3n) is 3.32. The molecule has 6 nitrogen and oxygen atoms in total. The Morgan fingerprint density at radius 3 is 1.90 bits per heavy atom. The summed E-state index contributed by atoms with van der Waals surface area (Å²) in [5.74, 6) is -1.49. The van der Waals surface area contributed by atoms with E-state index < -0.39 is 26.7 Å². The molecule has 1 fully saturated rings. The van der Waals surface area contributed by atoms with E-state index >= 15 is 0 Å². The quantitative estimate of drug-likeness (QED) is 0.368. The number of esters is 2. The van der Waals surface area contributed by atoms with E-state index in [2.05, 4.69) is 4.74 Å². The van der Waals surface area contributed by atoms with Gasteiger partial charge < -0.3 is 18.0 Å². The lowest BCUT2D eigenvalue weighted by molar-refractivity contribution is -0.153. The van der Waals surface area contributed by atoms with Crippen LogP contribution in [0.3, 0.4) is 0 Å². The summed E-state index contributed by atoms with van der Waals surface area (Å²) in [5.41, 5.74) is -0.249. The fourth-order valence-corrected chi connectivity index (χ4v) is 5.98. The standard InChI is InChI=1S/C13H24O6Si/c1-5-11(10-9-12(14)19-13(10)15)20(16-6-2,17-7-3)18-8-4/h10-11H,5-9H2,1-4H3. The van der Waals surface area contributed by atoms with Gasteiger partial charge in [0.05, 0.1) is 12.3 Å². The Bertz CT molecular complexity index is 329. The van der Waals surface area contributed by atoms with Gasteiger partial charge in [-0.3, -0.25) is 9.59 Å². The highest BCUT2D eigenvalue weighted by Crippen LogP contribution is 2.40. The van der Waals surface area contributed by atoms with Gasteiger partial charge in [-0.25, -0.2) is 0 Å². The van der Waals surface area contributed by atoms with E-state index in [9.17, 15) is 9.59 Å². The van der Waals surface area contributed by atoms with Gasteiger partial charge in [-0.05, 0) is 27.2 Å². The van der Waals surface area contributed by atoms with Crippen LogP contribution in [0, 0.1) is 5.92 Å². The molecule has 0 aliphatic carbocycles. The molecule has 1 saturated heterocycles. The zero-order chi connectivity index (χ0) is 15.2. The molecule has 1 rings (SSSR count). The SMILES string of the molecule is CCO[Si](OCC)(OCC)C(CC)C1CC(=O)OC1=O. The van der Waals surface area contributed by atoms with Gasteiger partial charge in [-0.1, -0.05) is 6.92 Å². The molecule has 20 heavy (non-hydrogen) atoms. The fourth-order valence-electron chi connectivity index (χ4n) is 2.63. The zero-order valence-electron chi connectivity index (χ0n) is 12.6. The average Bonchev–Trinajstić information content (AvgIpc) is 2.70. The lowest BCUT2D eigenvalue weighted by Crippen LogP contribution is -2.53. The number of hydrogen-bond donors (Lipinski definition) is 0. The van der Waals surface area contributed by atoms with Crippen molar-refractivity contribution in [3.8, 4) is 0 Å². The summed E-state index contributed by atoms with van der Waals surface area (Å²) in [6.07, 6.45) is 0.721. The van der Waals surface area contributed by atoms with E-state index in [1.807, 2.05) is 27.7 Å². The molecule has 0 saturated carbocycles. The first-order valence-electron chi connectivity index (χ1n) is 7.20. The van der Waals surface area contributed by atoms with Gasteiger partial charge in [0, 0.05) is 25.4 Å². The van der Waals surface area contributed by atoms with E-state index in [-0.39, 0.29) is 12.0 Å². The summed E-state index contributed by atoms with van der Waals surface area (Å²) < 4.78 is 22.2. The van der Waals surface area contributed by atoms with Crippen LogP contribution >= 0.6 is 0 Å². The number of cyclic esters (lactones) is 2. The van der Waals surface area contributed by atoms with Gasteiger partial charge >= 0.3 is 20.7 Å². The zero-order valence-corrected chi connectivity index (χ0v) is 13.6. The highest BCUT2D eigenvalue weighted by molar-refractivity contribution is 6.63. The van der Waals surface area contributed by atoms with Crippen molar-refractivity contribution in [3.05, 3.63) is 0 Å². The van der Waals surface area contributed by atoms with Crippen molar-refractivity contribution in [3.63, 3.8) is 0 Å². The van der Waals surface area contributed by atoms with Gasteiger partial charge in [0.15, 0.2) is 0 Å². The van der Waals surface area contributed by atoms with Crippen molar-refractivity contribution in [2.24, 2.45) is 5.92 Å². The average molecular weight is 304 g/mol. The van der Waals surface area contributed by atoms with E-state index in [1.54, 1.807) is 0 Å². The Morgan fingerprint density at radius 1 is 1.10 bits per heavy atom. The molecule has 0 bridgehead atoms. The largest absolute Gasteiger partial charge is 0.505 e. The number of rotatable bonds is 9. The minimum Gasteiger partial charge on any atom is -0.393 e. The summed E-state index contributed by atoms with van der Waals surface area (Å²) in [7, 11) is -3.01. The first-order valence-corrected chi connectivity index (χ1v) is 9.01. The first kappa shape index (κ1) is 17.3. The third kappa shape index (κ3) is 3.66. The Kier molecular flexibility index (Phi) is 6.80. The highest BCUT2D eigenvalue weighted by Gasteiger charge is 2.56. The maximum Gasteiger partial charge on any atom is 0.505 e. The maximum atomic E-state index is 11.9. The van der Waals surface area contributed by atoms with Crippen LogP contribution < -0.4 is 0 Å². The van der Waals surface area contributed by atoms with Crippen molar-refractivity contribution < 1.29 is 27.6 Å². The molecule has 2 unspecified atom stereocenters. The first-order chi connectivity index (χ1) is 9.54. The normalized spacial score (nSPS) is 21.1. The molecule has 1 heterocycles. The summed E-state index contributed by atoms with van der Waals surface area (Å²) in [4.78, 5) is 23.2. The Morgan fingerprint density at radius 2 is 1.60 bits per heavy atom. The molecule has 0 N–H and O–H groups in total. The Labute approximate surface area is 121 Å². The van der Waals surface area contributed by atoms with Crippen molar-refractivity contribution in [2.45, 2.75) is 46.1 Å². The molecule has 0 radical (unpaired) electrons. The molecule has 116 valence electrons. The second-order valence-electron chi connectivity index (χ2n) is 4.52. The van der Waals surface area contributed by atoms with Gasteiger partial charge in [-0.15, -0.1) is 0 Å². The second kappa shape index (κ2) is 7.87. The summed E-state index contributed by atoms with van der Waals surface area (Å²) >= 11 is 0. The Hall–Kier alpha value is -0.763. The number of ether oxygens (including phenoxy) is 1. The minimum absolute atomic E-state index is 0.0827. The molecule has 1 aliphatic rings. The number of carbonyl (C=O) groups excluding carboxylic acids is 2. The predicted molar refractivity (Wildman–Crippen MR) is 73.9 cm³/mol. The lowest BCUT2D eigenvalue weighted by Gasteiger charge is -2.36. The molecule has 0 amide bonds. The molecular formula is C13H24O6Si. The molecule has 7 heteroatoms. The summed E-state index contributed by atoms with van der Waals surface area (Å²) in [5, 5.41) is 0. The van der Waals surface area contributed by atoms with Crippen LogP contribution in [0.4, 0.5) is 0 Å². The molecule has 1 aliphatic heterocycles. The van der Waals surface area contributed by atoms with Gasteiger partial charge in [0.1, 0.15) is 0 Å². The maximum absolute atomic E-state index is 11.9. The van der Waals surface area contributed by atoms with Crippen molar-refractivity contribution in [1.82, 2.24) is 0 Å². The van der Waals surface area contributed by atoms with Crippen LogP contribution in [-0.2, 0) is 27.6 Å². The molecule has 0 spiro atoms. The number of carbonyl (C=O) groups is 2. The second-order valence-corrected chi connectivity index (χ2v) is 7.34. The van der Waals surface area contributed by atoms with Gasteiger partial charge in [-0.2, -0.15) is 0 Å². The monoisotopic (exact) mass is 304 g/mol. The van der Waals surface area contributed by atoms with Crippen molar-refractivity contribution >= 4 is 20.7 Å². The predicted octanol–water partition coefficient (Wildman–Crippen LogP) is 1.90. The van der Waals surface area contributed by atoms with Gasteiger partial charge in [0.2, 0.25) is 0 Å². The smallest absolute Gasteiger partial charge is 0.393 e. The van der Waals surface area contributed by atoms with E-state index in [1.165, 1.54) is 0 Å². The van der Waals surface area contributed by atoms with Gasteiger partial charge in [0.25, 0.3) is 0 Å². The number of hydrogen-bond acceptors (Lipinski definition) is 6. The molecule has 0 aromatic heterocycles. The van der Waals surface area contributed by atoms with Crippen LogP contribution in [0.1, 0.15) is 40.5 Å². The van der Waals surface area contributed by atoms with Crippen LogP contribution in [0.2, 0.25) is 5.54 Å². The van der Waals surface area contributed by atoms with E-state index in [4.69, 9.17) is 13.3 Å². The Balaban J connectivity index is 3.05. The van der Waals surface area contributed by atoms with Crippen molar-refractivity contribution in [2.75, 3.05) is 19.8 Å². The molecule has 0 aromatic carbocycles. The summed E-state index contributed by atoms with van der Waals surface area (Å²) in [6.45, 7) is 8.87. The molecule has 2 atom stereocenters. The molecular weight excluding hydrogens is 280 g/mol.